The maximum absolute atomic E-state index is 10.8. The van der Waals surface area contributed by atoms with Crippen LogP contribution in [0.1, 0.15) is 6.92 Å². The fourth-order valence-corrected chi connectivity index (χ4v) is 0.829. The number of nitrogens with zero attached hydrogens (tertiary/aromatic N) is 1. The van der Waals surface area contributed by atoms with Crippen molar-refractivity contribution in [3.63, 3.8) is 0 Å². The average Bonchev–Trinajstić information content (AvgIpc) is 2.31. The second-order valence-electron chi connectivity index (χ2n) is 3.87. The zero-order valence-electron chi connectivity index (χ0n) is 10.8. The van der Waals surface area contributed by atoms with Gasteiger partial charge in [-0.3, -0.25) is 0 Å². The van der Waals surface area contributed by atoms with Crippen molar-refractivity contribution in [2.45, 2.75) is 6.92 Å². The van der Waals surface area contributed by atoms with Gasteiger partial charge in [-0.2, -0.15) is 0 Å². The highest BCUT2D eigenvalue weighted by Gasteiger charge is 2.01. The molecule has 1 rings (SSSR count). The van der Waals surface area contributed by atoms with Crippen molar-refractivity contribution < 1.29 is 9.53 Å². The molecule has 0 aliphatic rings. The Bertz CT molecular complexity index is 294. The Morgan fingerprint density at radius 2 is 1.53 bits per heavy atom. The summed E-state index contributed by atoms with van der Waals surface area (Å²) >= 11 is 0. The zero-order valence-corrected chi connectivity index (χ0v) is 10.8. The minimum absolute atomic E-state index is 0.313. The molecule has 17 heavy (non-hydrogen) atoms. The lowest BCUT2D eigenvalue weighted by molar-refractivity contribution is -0.139. The van der Waals surface area contributed by atoms with Crippen LogP contribution in [0.5, 0.6) is 0 Å². The van der Waals surface area contributed by atoms with E-state index in [9.17, 15) is 4.79 Å². The van der Waals surface area contributed by atoms with E-state index in [1.165, 1.54) is 0 Å². The van der Waals surface area contributed by atoms with Crippen LogP contribution in [0, 0.1) is 0 Å². The molecule has 0 unspecified atom stereocenters. The molecule has 0 saturated heterocycles. The van der Waals surface area contributed by atoms with Gasteiger partial charge in [-0.25, -0.2) is 4.79 Å². The van der Waals surface area contributed by atoms with Crippen molar-refractivity contribution in [2.75, 3.05) is 27.2 Å². The summed E-state index contributed by atoms with van der Waals surface area (Å²) in [4.78, 5) is 12.7. The van der Waals surface area contributed by atoms with Crippen molar-refractivity contribution in [2.24, 2.45) is 0 Å². The number of hydrogen-bond acceptors (Lipinski definition) is 3. The number of hydrogen-bond donors (Lipinski definition) is 0. The van der Waals surface area contributed by atoms with Gasteiger partial charge in [0.25, 0.3) is 0 Å². The van der Waals surface area contributed by atoms with Gasteiger partial charge in [-0.15, -0.1) is 0 Å². The van der Waals surface area contributed by atoms with Crippen molar-refractivity contribution in [3.8, 4) is 0 Å². The van der Waals surface area contributed by atoms with E-state index >= 15 is 0 Å². The van der Waals surface area contributed by atoms with Gasteiger partial charge in [0.05, 0.1) is 0 Å². The second kappa shape index (κ2) is 9.60. The molecule has 0 bridgehead atoms. The van der Waals surface area contributed by atoms with E-state index in [4.69, 9.17) is 4.74 Å². The minimum Gasteiger partial charge on any atom is -0.461 e. The van der Waals surface area contributed by atoms with E-state index < -0.39 is 0 Å². The van der Waals surface area contributed by atoms with E-state index in [0.29, 0.717) is 12.2 Å². The predicted octanol–water partition coefficient (Wildman–Crippen LogP) is 2.35. The molecule has 0 saturated carbocycles. The molecular weight excluding hydrogens is 214 g/mol. The highest BCUT2D eigenvalue weighted by molar-refractivity contribution is 5.86. The van der Waals surface area contributed by atoms with E-state index in [0.717, 1.165) is 6.54 Å². The fraction of sp³-hybridized carbons (Fsp3) is 0.357. The molecule has 0 aliphatic carbocycles. The van der Waals surface area contributed by atoms with Crippen LogP contribution in [0.2, 0.25) is 0 Å². The molecule has 3 nitrogen and oxygen atoms in total. The predicted molar refractivity (Wildman–Crippen MR) is 70.8 cm³/mol. The number of likely N-dealkylation sites (N-methyl/N-ethyl adjacent to an activating group) is 1. The van der Waals surface area contributed by atoms with Gasteiger partial charge in [-0.05, 0) is 21.0 Å². The number of ether oxygens (including phenoxy) is 1. The van der Waals surface area contributed by atoms with E-state index in [2.05, 4.69) is 6.58 Å². The summed E-state index contributed by atoms with van der Waals surface area (Å²) in [6.45, 7) is 6.28. The highest BCUT2D eigenvalue weighted by Crippen LogP contribution is 1.91. The van der Waals surface area contributed by atoms with Crippen LogP contribution >= 0.6 is 0 Å². The first-order valence-electron chi connectivity index (χ1n) is 5.51. The van der Waals surface area contributed by atoms with Gasteiger partial charge in [0, 0.05) is 12.1 Å². The fourth-order valence-electron chi connectivity index (χ4n) is 0.829. The molecule has 0 fully saturated rings. The van der Waals surface area contributed by atoms with Crippen molar-refractivity contribution >= 4 is 5.97 Å². The summed E-state index contributed by atoms with van der Waals surface area (Å²) in [7, 11) is 3.85. The summed E-state index contributed by atoms with van der Waals surface area (Å²) in [5.74, 6) is -0.313. The first kappa shape index (κ1) is 15.4. The maximum atomic E-state index is 10.8. The molecule has 3 heteroatoms. The first-order chi connectivity index (χ1) is 8.04. The van der Waals surface area contributed by atoms with Crippen molar-refractivity contribution in [3.05, 3.63) is 48.6 Å². The minimum atomic E-state index is -0.313. The van der Waals surface area contributed by atoms with Crippen LogP contribution in [-0.2, 0) is 9.53 Å². The Balaban J connectivity index is 0.000000354. The number of benzene rings is 1. The topological polar surface area (TPSA) is 29.5 Å². The quantitative estimate of drug-likeness (QED) is 0.592. The van der Waals surface area contributed by atoms with E-state index in [1.54, 1.807) is 6.92 Å². The summed E-state index contributed by atoms with van der Waals surface area (Å²) < 4.78 is 4.83. The standard InChI is InChI=1S/C8H15NO2.C6H6/c1-7(2)8(10)11-6-5-9(3)4;1-2-4-6-5-3-1/h1,5-6H2,2-4H3;1-6H. The largest absolute Gasteiger partial charge is 0.461 e. The summed E-state index contributed by atoms with van der Waals surface area (Å²) in [5, 5.41) is 0. The van der Waals surface area contributed by atoms with Gasteiger partial charge in [0.15, 0.2) is 0 Å². The van der Waals surface area contributed by atoms with Crippen LogP contribution < -0.4 is 0 Å². The van der Waals surface area contributed by atoms with Gasteiger partial charge in [-0.1, -0.05) is 43.0 Å². The molecule has 0 heterocycles. The number of rotatable bonds is 4. The summed E-state index contributed by atoms with van der Waals surface area (Å²) in [6, 6.07) is 12.0. The maximum Gasteiger partial charge on any atom is 0.333 e. The third-order valence-electron chi connectivity index (χ3n) is 1.79. The van der Waals surface area contributed by atoms with Crippen LogP contribution in [0.3, 0.4) is 0 Å². The molecule has 0 amide bonds. The van der Waals surface area contributed by atoms with Crippen molar-refractivity contribution in [1.29, 1.82) is 0 Å². The Morgan fingerprint density at radius 1 is 1.12 bits per heavy atom. The van der Waals surface area contributed by atoms with Crippen molar-refractivity contribution in [1.82, 2.24) is 4.90 Å². The van der Waals surface area contributed by atoms with E-state index in [-0.39, 0.29) is 5.97 Å². The monoisotopic (exact) mass is 235 g/mol. The van der Waals surface area contributed by atoms with E-state index in [1.807, 2.05) is 55.4 Å². The summed E-state index contributed by atoms with van der Waals surface area (Å²) in [6.07, 6.45) is 0. The van der Waals surface area contributed by atoms with Crippen LogP contribution in [-0.4, -0.2) is 38.1 Å². The molecule has 0 radical (unpaired) electrons. The van der Waals surface area contributed by atoms with Gasteiger partial charge >= 0.3 is 5.97 Å². The molecule has 94 valence electrons. The van der Waals surface area contributed by atoms with Crippen LogP contribution in [0.25, 0.3) is 0 Å². The molecule has 0 aliphatic heterocycles. The first-order valence-corrected chi connectivity index (χ1v) is 5.51. The Hall–Kier alpha value is -1.61. The van der Waals surface area contributed by atoms with Gasteiger partial charge in [0.1, 0.15) is 6.61 Å². The normalized spacial score (nSPS) is 9.18. The van der Waals surface area contributed by atoms with Crippen LogP contribution in [0.4, 0.5) is 0 Å². The third-order valence-corrected chi connectivity index (χ3v) is 1.79. The second-order valence-corrected chi connectivity index (χ2v) is 3.87. The zero-order chi connectivity index (χ0) is 13.1. The molecule has 0 spiro atoms. The Kier molecular flexibility index (Phi) is 8.69. The highest BCUT2D eigenvalue weighted by atomic mass is 16.5. The summed E-state index contributed by atoms with van der Waals surface area (Å²) in [5.41, 5.74) is 0.448. The third kappa shape index (κ3) is 10.7. The lowest BCUT2D eigenvalue weighted by Gasteiger charge is -2.09. The molecule has 0 aromatic heterocycles. The smallest absolute Gasteiger partial charge is 0.333 e. The molecular formula is C14H21NO2. The number of carbonyl (C=O) groups is 1. The number of carbonyl (C=O) groups excluding carboxylic acids is 1. The van der Waals surface area contributed by atoms with Gasteiger partial charge < -0.3 is 9.64 Å². The Morgan fingerprint density at radius 3 is 1.82 bits per heavy atom. The Labute approximate surface area is 104 Å². The number of esters is 1. The molecule has 0 atom stereocenters. The molecule has 0 N–H and O–H groups in total. The average molecular weight is 235 g/mol. The molecule has 1 aromatic carbocycles. The lowest BCUT2D eigenvalue weighted by atomic mass is 10.4. The molecule has 1 aromatic rings. The van der Waals surface area contributed by atoms with Gasteiger partial charge in [0.2, 0.25) is 0 Å². The SMILES string of the molecule is C=C(C)C(=O)OCCN(C)C.c1ccccc1. The lowest BCUT2D eigenvalue weighted by Crippen LogP contribution is -2.20. The van der Waals surface area contributed by atoms with Crippen LogP contribution in [0.15, 0.2) is 48.6 Å².